The summed E-state index contributed by atoms with van der Waals surface area (Å²) in [7, 11) is 0. The van der Waals surface area contributed by atoms with Crippen molar-refractivity contribution in [2.45, 2.75) is 57.7 Å². The first-order chi connectivity index (χ1) is 16.3. The van der Waals surface area contributed by atoms with Gasteiger partial charge in [-0.25, -0.2) is 9.97 Å². The molecule has 3 aliphatic rings. The predicted molar refractivity (Wildman–Crippen MR) is 132 cm³/mol. The van der Waals surface area contributed by atoms with Crippen LogP contribution in [-0.4, -0.2) is 63.5 Å². The Bertz CT molecular complexity index is 1110. The molecular weight excluding hydrogens is 408 g/mol. The SMILES string of the molecule is CC(c1ccnc2ccccc12)N1CCc2c(ncnc2N2CCN(C3CCCC3)CC2)C1. The fraction of sp³-hybridized carbons (Fsp3) is 0.519. The molecule has 172 valence electrons. The summed E-state index contributed by atoms with van der Waals surface area (Å²) in [5.41, 5.74) is 4.99. The Balaban J connectivity index is 1.19. The lowest BCUT2D eigenvalue weighted by molar-refractivity contribution is 0.184. The Kier molecular flexibility index (Phi) is 5.72. The fourth-order valence-corrected chi connectivity index (χ4v) is 6.21. The zero-order valence-electron chi connectivity index (χ0n) is 19.7. The van der Waals surface area contributed by atoms with Crippen molar-refractivity contribution in [3.05, 3.63) is 59.7 Å². The lowest BCUT2D eigenvalue weighted by atomic mass is 9.98. The van der Waals surface area contributed by atoms with Crippen molar-refractivity contribution in [3.63, 3.8) is 0 Å². The van der Waals surface area contributed by atoms with E-state index in [2.05, 4.69) is 56.9 Å². The van der Waals surface area contributed by atoms with E-state index in [9.17, 15) is 0 Å². The van der Waals surface area contributed by atoms with E-state index >= 15 is 0 Å². The first-order valence-corrected chi connectivity index (χ1v) is 12.7. The minimum Gasteiger partial charge on any atom is -0.354 e. The van der Waals surface area contributed by atoms with Crippen LogP contribution in [-0.2, 0) is 13.0 Å². The number of para-hydroxylation sites is 1. The quantitative estimate of drug-likeness (QED) is 0.603. The standard InChI is InChI=1S/C27H34N6/c1-20(22-10-12-28-25-9-5-4-8-23(22)25)33-13-11-24-26(18-33)29-19-30-27(24)32-16-14-31(15-17-32)21-6-2-3-7-21/h4-5,8-10,12,19-21H,2-3,6-7,11,13-18H2,1H3. The van der Waals surface area contributed by atoms with Gasteiger partial charge in [0.25, 0.3) is 0 Å². The summed E-state index contributed by atoms with van der Waals surface area (Å²) in [5, 5.41) is 1.25. The molecule has 1 saturated carbocycles. The largest absolute Gasteiger partial charge is 0.354 e. The Labute approximate surface area is 196 Å². The molecule has 6 rings (SSSR count). The van der Waals surface area contributed by atoms with Crippen LogP contribution in [0.2, 0.25) is 0 Å². The summed E-state index contributed by atoms with van der Waals surface area (Å²) in [6.07, 6.45) is 10.4. The molecule has 1 aromatic carbocycles. The second-order valence-corrected chi connectivity index (χ2v) is 9.90. The van der Waals surface area contributed by atoms with Gasteiger partial charge in [-0.15, -0.1) is 0 Å². The van der Waals surface area contributed by atoms with Crippen molar-refractivity contribution in [1.82, 2.24) is 24.8 Å². The van der Waals surface area contributed by atoms with Crippen LogP contribution in [0.4, 0.5) is 5.82 Å². The first-order valence-electron chi connectivity index (χ1n) is 12.7. The molecule has 2 aromatic heterocycles. The molecule has 4 heterocycles. The van der Waals surface area contributed by atoms with Gasteiger partial charge >= 0.3 is 0 Å². The van der Waals surface area contributed by atoms with Gasteiger partial charge in [-0.05, 0) is 43.9 Å². The monoisotopic (exact) mass is 442 g/mol. The third-order valence-corrected chi connectivity index (χ3v) is 8.15. The highest BCUT2D eigenvalue weighted by molar-refractivity contribution is 5.82. The van der Waals surface area contributed by atoms with Gasteiger partial charge in [0.2, 0.25) is 0 Å². The Morgan fingerprint density at radius 3 is 2.58 bits per heavy atom. The zero-order chi connectivity index (χ0) is 22.2. The van der Waals surface area contributed by atoms with E-state index in [1.165, 1.54) is 66.8 Å². The highest BCUT2D eigenvalue weighted by atomic mass is 15.3. The average Bonchev–Trinajstić information content (AvgIpc) is 3.42. The Hall–Kier alpha value is -2.57. The van der Waals surface area contributed by atoms with E-state index in [-0.39, 0.29) is 0 Å². The summed E-state index contributed by atoms with van der Waals surface area (Å²) in [4.78, 5) is 21.9. The number of hydrogen-bond acceptors (Lipinski definition) is 6. The molecule has 0 spiro atoms. The van der Waals surface area contributed by atoms with Crippen LogP contribution in [0.1, 0.15) is 55.5 Å². The number of nitrogens with zero attached hydrogens (tertiary/aromatic N) is 6. The van der Waals surface area contributed by atoms with E-state index < -0.39 is 0 Å². The second-order valence-electron chi connectivity index (χ2n) is 9.90. The molecular formula is C27H34N6. The Morgan fingerprint density at radius 1 is 0.909 bits per heavy atom. The molecule has 2 fully saturated rings. The molecule has 1 saturated heterocycles. The van der Waals surface area contributed by atoms with Gasteiger partial charge in [-0.3, -0.25) is 14.8 Å². The van der Waals surface area contributed by atoms with Gasteiger partial charge in [0.15, 0.2) is 0 Å². The van der Waals surface area contributed by atoms with Crippen molar-refractivity contribution >= 4 is 16.7 Å². The smallest absolute Gasteiger partial charge is 0.135 e. The van der Waals surface area contributed by atoms with Crippen LogP contribution >= 0.6 is 0 Å². The number of anilines is 1. The van der Waals surface area contributed by atoms with Gasteiger partial charge in [-0.2, -0.15) is 0 Å². The zero-order valence-corrected chi connectivity index (χ0v) is 19.7. The highest BCUT2D eigenvalue weighted by Crippen LogP contribution is 2.33. The average molecular weight is 443 g/mol. The normalized spacial score (nSPS) is 21.4. The number of benzene rings is 1. The van der Waals surface area contributed by atoms with E-state index in [0.29, 0.717) is 6.04 Å². The van der Waals surface area contributed by atoms with Gasteiger partial charge in [0.1, 0.15) is 12.1 Å². The third kappa shape index (κ3) is 4.00. The molecule has 1 unspecified atom stereocenters. The van der Waals surface area contributed by atoms with Crippen LogP contribution in [0.3, 0.4) is 0 Å². The fourth-order valence-electron chi connectivity index (χ4n) is 6.21. The minimum atomic E-state index is 0.319. The summed E-state index contributed by atoms with van der Waals surface area (Å²) < 4.78 is 0. The maximum atomic E-state index is 4.78. The van der Waals surface area contributed by atoms with Crippen LogP contribution in [0.5, 0.6) is 0 Å². The lowest BCUT2D eigenvalue weighted by Crippen LogP contribution is -2.50. The van der Waals surface area contributed by atoms with Crippen molar-refractivity contribution < 1.29 is 0 Å². The molecule has 1 aliphatic carbocycles. The van der Waals surface area contributed by atoms with Gasteiger partial charge in [0, 0.05) is 68.5 Å². The van der Waals surface area contributed by atoms with E-state index in [1.54, 1.807) is 6.33 Å². The molecule has 1 atom stereocenters. The number of rotatable bonds is 4. The maximum absolute atomic E-state index is 4.78. The summed E-state index contributed by atoms with van der Waals surface area (Å²) in [6.45, 7) is 8.74. The topological polar surface area (TPSA) is 48.4 Å². The lowest BCUT2D eigenvalue weighted by Gasteiger charge is -2.40. The molecule has 6 nitrogen and oxygen atoms in total. The summed E-state index contributed by atoms with van der Waals surface area (Å²) >= 11 is 0. The molecule has 6 heteroatoms. The number of piperazine rings is 1. The van der Waals surface area contributed by atoms with E-state index in [0.717, 1.165) is 44.2 Å². The molecule has 0 radical (unpaired) electrons. The maximum Gasteiger partial charge on any atom is 0.135 e. The summed E-state index contributed by atoms with van der Waals surface area (Å²) in [6, 6.07) is 11.8. The molecule has 0 N–H and O–H groups in total. The molecule has 33 heavy (non-hydrogen) atoms. The van der Waals surface area contributed by atoms with Crippen molar-refractivity contribution in [3.8, 4) is 0 Å². The summed E-state index contributed by atoms with van der Waals surface area (Å²) in [5.74, 6) is 1.19. The van der Waals surface area contributed by atoms with Gasteiger partial charge < -0.3 is 4.90 Å². The van der Waals surface area contributed by atoms with Crippen molar-refractivity contribution in [2.75, 3.05) is 37.6 Å². The molecule has 0 amide bonds. The van der Waals surface area contributed by atoms with Crippen molar-refractivity contribution in [1.29, 1.82) is 0 Å². The van der Waals surface area contributed by atoms with Gasteiger partial charge in [0.05, 0.1) is 11.2 Å². The number of fused-ring (bicyclic) bond motifs is 2. The first kappa shape index (κ1) is 21.0. The van der Waals surface area contributed by atoms with E-state index in [4.69, 9.17) is 9.97 Å². The van der Waals surface area contributed by atoms with Crippen LogP contribution < -0.4 is 4.90 Å². The third-order valence-electron chi connectivity index (χ3n) is 8.15. The molecule has 0 bridgehead atoms. The second kappa shape index (κ2) is 8.99. The van der Waals surface area contributed by atoms with E-state index in [1.807, 2.05) is 6.20 Å². The van der Waals surface area contributed by atoms with Crippen LogP contribution in [0, 0.1) is 0 Å². The molecule has 3 aromatic rings. The van der Waals surface area contributed by atoms with Crippen LogP contribution in [0.25, 0.3) is 10.9 Å². The van der Waals surface area contributed by atoms with Crippen molar-refractivity contribution in [2.24, 2.45) is 0 Å². The number of pyridine rings is 1. The van der Waals surface area contributed by atoms with Crippen LogP contribution in [0.15, 0.2) is 42.9 Å². The number of hydrogen-bond donors (Lipinski definition) is 0. The Morgan fingerprint density at radius 2 is 1.73 bits per heavy atom. The predicted octanol–water partition coefficient (Wildman–Crippen LogP) is 4.21. The number of aromatic nitrogens is 3. The van der Waals surface area contributed by atoms with Gasteiger partial charge in [-0.1, -0.05) is 31.0 Å². The minimum absolute atomic E-state index is 0.319. The molecule has 2 aliphatic heterocycles. The highest BCUT2D eigenvalue weighted by Gasteiger charge is 2.30.